The molecule has 0 aromatic heterocycles. The summed E-state index contributed by atoms with van der Waals surface area (Å²) in [5.41, 5.74) is -2.22. The molecular weight excluding hydrogens is 852 g/mol. The molecule has 24 nitrogen and oxygen atoms in total. The lowest BCUT2D eigenvalue weighted by Gasteiger charge is -2.29. The minimum Gasteiger partial charge on any atom is -0.493 e. The molecule has 0 aliphatic rings. The predicted octanol–water partition coefficient (Wildman–Crippen LogP) is 5.24. The van der Waals surface area contributed by atoms with E-state index in [-0.39, 0.29) is 74.9 Å². The average molecular weight is 897 g/mol. The van der Waals surface area contributed by atoms with Crippen molar-refractivity contribution in [2.24, 2.45) is 5.41 Å². The second-order valence-corrected chi connectivity index (χ2v) is 12.1. The number of methoxy groups -OCH3 is 9. The van der Waals surface area contributed by atoms with Crippen LogP contribution >= 0.6 is 0 Å². The molecule has 0 amide bonds. The van der Waals surface area contributed by atoms with Gasteiger partial charge in [-0.2, -0.15) is 14.4 Å². The van der Waals surface area contributed by atoms with Crippen molar-refractivity contribution in [3.05, 3.63) is 53.1 Å². The number of carbonyl (C=O) groups is 6. The van der Waals surface area contributed by atoms with Crippen LogP contribution in [0, 0.1) is 5.41 Å². The summed E-state index contributed by atoms with van der Waals surface area (Å²) in [6.45, 7) is -0.833. The second-order valence-electron chi connectivity index (χ2n) is 12.1. The Balaban J connectivity index is 1.73. The summed E-state index contributed by atoms with van der Waals surface area (Å²) in [5, 5.41) is 0. The zero-order valence-corrected chi connectivity index (χ0v) is 35.6. The van der Waals surface area contributed by atoms with Crippen LogP contribution in [0.25, 0.3) is 0 Å². The monoisotopic (exact) mass is 896 g/mol. The van der Waals surface area contributed by atoms with Gasteiger partial charge in [0.1, 0.15) is 19.8 Å². The van der Waals surface area contributed by atoms with Gasteiger partial charge in [-0.25, -0.2) is 43.7 Å². The molecule has 3 aromatic carbocycles. The maximum atomic E-state index is 12.7. The third-order valence-corrected chi connectivity index (χ3v) is 8.50. The van der Waals surface area contributed by atoms with Gasteiger partial charge in [0.15, 0.2) is 34.5 Å². The van der Waals surface area contributed by atoms with Crippen molar-refractivity contribution in [3.8, 4) is 51.7 Å². The van der Waals surface area contributed by atoms with Crippen LogP contribution in [0.1, 0.15) is 44.4 Å². The molecule has 24 heteroatoms. The first-order valence-electron chi connectivity index (χ1n) is 17.8. The summed E-state index contributed by atoms with van der Waals surface area (Å²) >= 11 is 0. The fourth-order valence-electron chi connectivity index (χ4n) is 5.10. The first kappa shape index (κ1) is 49.4. The van der Waals surface area contributed by atoms with Gasteiger partial charge in [0.2, 0.25) is 17.2 Å². The predicted molar refractivity (Wildman–Crippen MR) is 205 cm³/mol. The normalized spacial score (nSPS) is 10.4. The Kier molecular flexibility index (Phi) is 18.6. The molecule has 0 N–H and O–H groups in total. The number of hydrogen-bond donors (Lipinski definition) is 0. The summed E-state index contributed by atoms with van der Waals surface area (Å²) in [6.07, 6.45) is -4.87. The molecule has 0 fully saturated rings. The van der Waals surface area contributed by atoms with Crippen LogP contribution in [0.2, 0.25) is 0 Å². The molecule has 3 aromatic rings. The molecule has 0 atom stereocenters. The number of carbonyl (C=O) groups excluding carboxylic acids is 6. The van der Waals surface area contributed by atoms with E-state index in [1.165, 1.54) is 107 Å². The van der Waals surface area contributed by atoms with Gasteiger partial charge in [0.05, 0.1) is 86.1 Å². The third kappa shape index (κ3) is 13.0. The van der Waals surface area contributed by atoms with Crippen LogP contribution in [0.5, 0.6) is 51.7 Å². The topological polar surface area (TPSA) is 269 Å². The molecule has 0 aliphatic carbocycles. The smallest absolute Gasteiger partial charge is 0.493 e. The summed E-state index contributed by atoms with van der Waals surface area (Å²) in [6, 6.07) is 7.32. The molecule has 0 saturated carbocycles. The standard InChI is InChI=1S/C39H44O24/c1-11-39(18-55-36(43)61-58-33(40)21-12-24(46-2)30(52-8)25(13-21)47-3,19-56-37(44)62-59-34(41)22-14-26(48-4)31(53-9)27(15-22)49-5)20-57-38(45)63-60-35(42)23-16-28(50-6)32(54-10)29(17-23)51-7/h12-17H,11,18-20H2,1-10H3. The van der Waals surface area contributed by atoms with Gasteiger partial charge in [-0.15, -0.1) is 0 Å². The Hall–Kier alpha value is -7.92. The van der Waals surface area contributed by atoms with Gasteiger partial charge < -0.3 is 56.8 Å². The number of rotatable bonds is 19. The van der Waals surface area contributed by atoms with Gasteiger partial charge in [-0.05, 0) is 42.8 Å². The maximum Gasteiger partial charge on any atom is 0.549 e. The van der Waals surface area contributed by atoms with E-state index in [0.717, 1.165) is 0 Å². The van der Waals surface area contributed by atoms with E-state index in [2.05, 4.69) is 29.3 Å². The van der Waals surface area contributed by atoms with Gasteiger partial charge in [-0.1, -0.05) is 6.92 Å². The lowest BCUT2D eigenvalue weighted by atomic mass is 9.88. The lowest BCUT2D eigenvalue weighted by molar-refractivity contribution is -0.217. The third-order valence-electron chi connectivity index (χ3n) is 8.50. The Morgan fingerprint density at radius 3 is 0.762 bits per heavy atom. The summed E-state index contributed by atoms with van der Waals surface area (Å²) in [5.74, 6) is -2.55. The van der Waals surface area contributed by atoms with Crippen LogP contribution in [0.4, 0.5) is 14.4 Å². The number of ether oxygens (including phenoxy) is 12. The maximum absolute atomic E-state index is 12.7. The minimum absolute atomic E-state index is 0.0862. The van der Waals surface area contributed by atoms with E-state index in [1.54, 1.807) is 0 Å². The van der Waals surface area contributed by atoms with Crippen molar-refractivity contribution in [1.82, 2.24) is 0 Å². The average Bonchev–Trinajstić information content (AvgIpc) is 3.31. The van der Waals surface area contributed by atoms with Crippen LogP contribution in [0.3, 0.4) is 0 Å². The van der Waals surface area contributed by atoms with Gasteiger partial charge in [0, 0.05) is 0 Å². The molecule has 0 spiro atoms. The lowest BCUT2D eigenvalue weighted by Crippen LogP contribution is -2.39. The molecule has 0 heterocycles. The first-order valence-corrected chi connectivity index (χ1v) is 17.8. The highest BCUT2D eigenvalue weighted by molar-refractivity contribution is 5.92. The summed E-state index contributed by atoms with van der Waals surface area (Å²) < 4.78 is 62.1. The highest BCUT2D eigenvalue weighted by Gasteiger charge is 2.36. The van der Waals surface area contributed by atoms with Crippen LogP contribution in [0.15, 0.2) is 36.4 Å². The molecular formula is C39H44O24. The van der Waals surface area contributed by atoms with Crippen molar-refractivity contribution < 1.29 is 115 Å². The van der Waals surface area contributed by atoms with Crippen molar-refractivity contribution in [1.29, 1.82) is 0 Å². The molecule has 0 radical (unpaired) electrons. The largest absolute Gasteiger partial charge is 0.549 e. The zero-order chi connectivity index (χ0) is 46.7. The molecule has 0 saturated heterocycles. The van der Waals surface area contributed by atoms with E-state index in [1.807, 2.05) is 0 Å². The Morgan fingerprint density at radius 1 is 0.365 bits per heavy atom. The zero-order valence-electron chi connectivity index (χ0n) is 35.6. The van der Waals surface area contributed by atoms with Crippen molar-refractivity contribution in [3.63, 3.8) is 0 Å². The van der Waals surface area contributed by atoms with Crippen molar-refractivity contribution in [2.75, 3.05) is 83.8 Å². The second kappa shape index (κ2) is 23.8. The van der Waals surface area contributed by atoms with E-state index < -0.39 is 61.6 Å². The Bertz CT molecular complexity index is 1790. The number of benzene rings is 3. The van der Waals surface area contributed by atoms with Gasteiger partial charge in [0.25, 0.3) is 0 Å². The van der Waals surface area contributed by atoms with Crippen molar-refractivity contribution >= 4 is 36.4 Å². The van der Waals surface area contributed by atoms with E-state index in [9.17, 15) is 28.8 Å². The fourth-order valence-corrected chi connectivity index (χ4v) is 5.10. The van der Waals surface area contributed by atoms with Crippen LogP contribution in [-0.4, -0.2) is 120 Å². The van der Waals surface area contributed by atoms with Gasteiger partial charge in [-0.3, -0.25) is 0 Å². The van der Waals surface area contributed by atoms with Crippen LogP contribution in [-0.2, 0) is 43.5 Å². The fraction of sp³-hybridized carbons (Fsp3) is 0.385. The van der Waals surface area contributed by atoms with Gasteiger partial charge >= 0.3 is 36.4 Å². The quantitative estimate of drug-likeness (QED) is 0.0644. The molecule has 0 bridgehead atoms. The van der Waals surface area contributed by atoms with E-state index in [4.69, 9.17) is 56.8 Å². The van der Waals surface area contributed by atoms with E-state index in [0.29, 0.717) is 0 Å². The Labute approximate surface area is 358 Å². The Morgan fingerprint density at radius 2 is 0.587 bits per heavy atom. The SMILES string of the molecule is CCC(COC(=O)OOC(=O)c1cc(OC)c(OC)c(OC)c1)(COC(=O)OOC(=O)c1cc(OC)c(OC)c(OC)c1)COC(=O)OOC(=O)c1cc(OC)c(OC)c(OC)c1. The van der Waals surface area contributed by atoms with Crippen LogP contribution < -0.4 is 42.6 Å². The summed E-state index contributed by atoms with van der Waals surface area (Å²) in [7, 11) is 11.9. The highest BCUT2D eigenvalue weighted by atomic mass is 17.2. The molecule has 3 rings (SSSR count). The van der Waals surface area contributed by atoms with Crippen molar-refractivity contribution in [2.45, 2.75) is 13.3 Å². The van der Waals surface area contributed by atoms with E-state index >= 15 is 0 Å². The highest BCUT2D eigenvalue weighted by Crippen LogP contribution is 2.40. The molecule has 0 unspecified atom stereocenters. The molecule has 0 aliphatic heterocycles. The minimum atomic E-state index is -1.67. The first-order chi connectivity index (χ1) is 30.2. The number of hydrogen-bond acceptors (Lipinski definition) is 24. The molecule has 63 heavy (non-hydrogen) atoms. The summed E-state index contributed by atoms with van der Waals surface area (Å²) in [4.78, 5) is 103. The molecule has 344 valence electrons.